The van der Waals surface area contributed by atoms with E-state index >= 15 is 0 Å². The minimum atomic E-state index is -0.836. The molecule has 100 valence electrons. The quantitative estimate of drug-likeness (QED) is 0.753. The monoisotopic (exact) mass is 252 g/mol. The summed E-state index contributed by atoms with van der Waals surface area (Å²) in [5.41, 5.74) is 0. The zero-order chi connectivity index (χ0) is 13.7. The van der Waals surface area contributed by atoms with Gasteiger partial charge in [0.1, 0.15) is 0 Å². The van der Waals surface area contributed by atoms with Crippen LogP contribution in [0.25, 0.3) is 0 Å². The molecule has 5 heteroatoms. The van der Waals surface area contributed by atoms with E-state index in [-0.39, 0.29) is 18.5 Å². The van der Waals surface area contributed by atoms with Gasteiger partial charge in [-0.3, -0.25) is 4.79 Å². The highest BCUT2D eigenvalue weighted by molar-refractivity contribution is 5.78. The Balaban J connectivity index is 2.69. The van der Waals surface area contributed by atoms with E-state index in [0.29, 0.717) is 19.6 Å². The van der Waals surface area contributed by atoms with E-state index in [1.165, 1.54) is 0 Å². The number of hydrogen-bond acceptors (Lipinski definition) is 2. The number of rotatable bonds is 5. The highest BCUT2D eigenvalue weighted by Gasteiger charge is 2.37. The summed E-state index contributed by atoms with van der Waals surface area (Å²) in [5.74, 6) is -1.32. The first-order chi connectivity index (χ1) is 8.51. The standard InChI is InChI=1S/C13H20N2O3/c1-4-6-14(7-5-2)13(18)15-8-10(3)11(9-15)12(16)17/h4-5,10-11H,1-2,6-9H2,3H3,(H,16,17). The van der Waals surface area contributed by atoms with E-state index in [1.54, 1.807) is 22.0 Å². The Hall–Kier alpha value is -1.78. The average Bonchev–Trinajstić information content (AvgIpc) is 2.70. The van der Waals surface area contributed by atoms with Crippen molar-refractivity contribution in [2.45, 2.75) is 6.92 Å². The summed E-state index contributed by atoms with van der Waals surface area (Å²) < 4.78 is 0. The third-order valence-electron chi connectivity index (χ3n) is 3.17. The fraction of sp³-hybridized carbons (Fsp3) is 0.538. The smallest absolute Gasteiger partial charge is 0.320 e. The lowest BCUT2D eigenvalue weighted by Gasteiger charge is -2.26. The van der Waals surface area contributed by atoms with E-state index < -0.39 is 11.9 Å². The van der Waals surface area contributed by atoms with Gasteiger partial charge in [0.05, 0.1) is 5.92 Å². The maximum absolute atomic E-state index is 12.2. The number of likely N-dealkylation sites (tertiary alicyclic amines) is 1. The molecular formula is C13H20N2O3. The molecule has 1 saturated heterocycles. The Bertz CT molecular complexity index is 344. The third-order valence-corrected chi connectivity index (χ3v) is 3.17. The number of urea groups is 1. The van der Waals surface area contributed by atoms with Crippen molar-refractivity contribution in [3.63, 3.8) is 0 Å². The number of carboxylic acids is 1. The SMILES string of the molecule is C=CCN(CC=C)C(=O)N1CC(C)C(C(=O)O)C1. The number of amides is 2. The molecule has 18 heavy (non-hydrogen) atoms. The predicted octanol–water partition coefficient (Wildman–Crippen LogP) is 1.43. The molecule has 0 radical (unpaired) electrons. The van der Waals surface area contributed by atoms with Gasteiger partial charge in [-0.05, 0) is 5.92 Å². The Labute approximate surface area is 107 Å². The zero-order valence-electron chi connectivity index (χ0n) is 10.7. The molecule has 0 aromatic carbocycles. The van der Waals surface area contributed by atoms with Gasteiger partial charge in [-0.25, -0.2) is 4.79 Å². The summed E-state index contributed by atoms with van der Waals surface area (Å²) in [5, 5.41) is 9.04. The van der Waals surface area contributed by atoms with Crippen LogP contribution in [0.2, 0.25) is 0 Å². The van der Waals surface area contributed by atoms with Gasteiger partial charge in [-0.1, -0.05) is 19.1 Å². The van der Waals surface area contributed by atoms with Crippen LogP contribution in [-0.2, 0) is 4.79 Å². The van der Waals surface area contributed by atoms with Crippen molar-refractivity contribution in [1.82, 2.24) is 9.80 Å². The maximum Gasteiger partial charge on any atom is 0.320 e. The Morgan fingerprint density at radius 1 is 1.33 bits per heavy atom. The maximum atomic E-state index is 12.2. The summed E-state index contributed by atoms with van der Waals surface area (Å²) >= 11 is 0. The molecule has 1 N–H and O–H groups in total. The van der Waals surface area contributed by atoms with Gasteiger partial charge in [-0.15, -0.1) is 13.2 Å². The van der Waals surface area contributed by atoms with Crippen LogP contribution in [0.1, 0.15) is 6.92 Å². The summed E-state index contributed by atoms with van der Waals surface area (Å²) in [4.78, 5) is 26.4. The first-order valence-corrected chi connectivity index (χ1v) is 5.99. The van der Waals surface area contributed by atoms with E-state index in [4.69, 9.17) is 5.11 Å². The fourth-order valence-corrected chi connectivity index (χ4v) is 2.19. The average molecular weight is 252 g/mol. The van der Waals surface area contributed by atoms with Crippen LogP contribution in [0.15, 0.2) is 25.3 Å². The second-order valence-corrected chi connectivity index (χ2v) is 4.59. The van der Waals surface area contributed by atoms with Crippen LogP contribution in [0.5, 0.6) is 0 Å². The molecule has 1 aliphatic heterocycles. The molecule has 1 rings (SSSR count). The van der Waals surface area contributed by atoms with E-state index in [0.717, 1.165) is 0 Å². The van der Waals surface area contributed by atoms with E-state index in [2.05, 4.69) is 13.2 Å². The van der Waals surface area contributed by atoms with Gasteiger partial charge in [0.2, 0.25) is 0 Å². The predicted molar refractivity (Wildman–Crippen MR) is 69.2 cm³/mol. The first-order valence-electron chi connectivity index (χ1n) is 5.99. The van der Waals surface area contributed by atoms with Crippen molar-refractivity contribution in [2.75, 3.05) is 26.2 Å². The molecule has 2 atom stereocenters. The molecule has 2 unspecified atom stereocenters. The third kappa shape index (κ3) is 3.12. The van der Waals surface area contributed by atoms with Crippen LogP contribution in [-0.4, -0.2) is 53.1 Å². The molecule has 0 aromatic rings. The summed E-state index contributed by atoms with van der Waals surface area (Å²) in [7, 11) is 0. The van der Waals surface area contributed by atoms with Gasteiger partial charge in [0.15, 0.2) is 0 Å². The molecule has 1 heterocycles. The van der Waals surface area contributed by atoms with E-state index in [1.807, 2.05) is 6.92 Å². The van der Waals surface area contributed by atoms with E-state index in [9.17, 15) is 9.59 Å². The lowest BCUT2D eigenvalue weighted by molar-refractivity contribution is -0.142. The largest absolute Gasteiger partial charge is 0.481 e. The van der Waals surface area contributed by atoms with Gasteiger partial charge < -0.3 is 14.9 Å². The minimum absolute atomic E-state index is 0.0132. The lowest BCUT2D eigenvalue weighted by Crippen LogP contribution is -2.42. The molecule has 0 aliphatic carbocycles. The Kier molecular flexibility index (Phi) is 4.95. The van der Waals surface area contributed by atoms with Gasteiger partial charge in [-0.2, -0.15) is 0 Å². The fourth-order valence-electron chi connectivity index (χ4n) is 2.19. The molecule has 0 spiro atoms. The second-order valence-electron chi connectivity index (χ2n) is 4.59. The topological polar surface area (TPSA) is 60.9 Å². The number of carboxylic acid groups (broad SMARTS) is 1. The normalized spacial score (nSPS) is 22.6. The van der Waals surface area contributed by atoms with Crippen molar-refractivity contribution in [3.8, 4) is 0 Å². The van der Waals surface area contributed by atoms with Crippen molar-refractivity contribution in [2.24, 2.45) is 11.8 Å². The first kappa shape index (κ1) is 14.3. The molecule has 2 amide bonds. The van der Waals surface area contributed by atoms with Crippen molar-refractivity contribution < 1.29 is 14.7 Å². The molecule has 0 aromatic heterocycles. The van der Waals surface area contributed by atoms with Crippen LogP contribution in [0.3, 0.4) is 0 Å². The minimum Gasteiger partial charge on any atom is -0.481 e. The molecule has 5 nitrogen and oxygen atoms in total. The highest BCUT2D eigenvalue weighted by Crippen LogP contribution is 2.24. The number of carbonyl (C=O) groups excluding carboxylic acids is 1. The van der Waals surface area contributed by atoms with Crippen LogP contribution in [0, 0.1) is 11.8 Å². The lowest BCUT2D eigenvalue weighted by atomic mass is 9.99. The van der Waals surface area contributed by atoms with Crippen molar-refractivity contribution in [3.05, 3.63) is 25.3 Å². The molecule has 0 bridgehead atoms. The summed E-state index contributed by atoms with van der Waals surface area (Å²) in [6, 6.07) is -0.148. The van der Waals surface area contributed by atoms with Gasteiger partial charge >= 0.3 is 12.0 Å². The molecule has 1 fully saturated rings. The van der Waals surface area contributed by atoms with Crippen LogP contribution < -0.4 is 0 Å². The van der Waals surface area contributed by atoms with Gasteiger partial charge in [0.25, 0.3) is 0 Å². The van der Waals surface area contributed by atoms with Gasteiger partial charge in [0, 0.05) is 26.2 Å². The van der Waals surface area contributed by atoms with Crippen molar-refractivity contribution in [1.29, 1.82) is 0 Å². The molecule has 1 aliphatic rings. The second kappa shape index (κ2) is 6.23. The number of aliphatic carboxylic acids is 1. The number of hydrogen-bond donors (Lipinski definition) is 1. The molecule has 0 saturated carbocycles. The van der Waals surface area contributed by atoms with Crippen LogP contribution in [0.4, 0.5) is 4.79 Å². The Morgan fingerprint density at radius 3 is 2.28 bits per heavy atom. The summed E-state index contributed by atoms with van der Waals surface area (Å²) in [6.45, 7) is 10.7. The Morgan fingerprint density at radius 2 is 1.89 bits per heavy atom. The number of nitrogens with zero attached hydrogens (tertiary/aromatic N) is 2. The number of carbonyl (C=O) groups is 2. The summed E-state index contributed by atoms with van der Waals surface area (Å²) in [6.07, 6.45) is 3.30. The highest BCUT2D eigenvalue weighted by atomic mass is 16.4. The zero-order valence-corrected chi connectivity index (χ0v) is 10.7. The molecular weight excluding hydrogens is 232 g/mol. The van der Waals surface area contributed by atoms with Crippen LogP contribution >= 0.6 is 0 Å². The van der Waals surface area contributed by atoms with Crippen molar-refractivity contribution >= 4 is 12.0 Å².